The first-order valence-corrected chi connectivity index (χ1v) is 16.2. The third-order valence-corrected chi connectivity index (χ3v) is 8.26. The molecule has 4 aromatic rings. The zero-order chi connectivity index (χ0) is 37.1. The fourth-order valence-corrected chi connectivity index (χ4v) is 5.28. The van der Waals surface area contributed by atoms with E-state index in [0.29, 0.717) is 51.6 Å². The van der Waals surface area contributed by atoms with Crippen LogP contribution in [0.15, 0.2) is 109 Å². The van der Waals surface area contributed by atoms with Crippen LogP contribution in [0.3, 0.4) is 0 Å². The average Bonchev–Trinajstić information content (AvgIpc) is 3.96. The van der Waals surface area contributed by atoms with Crippen LogP contribution in [0.5, 0.6) is 0 Å². The lowest BCUT2D eigenvalue weighted by atomic mass is 10.1. The first-order valence-electron chi connectivity index (χ1n) is 15.1. The molecule has 51 heavy (non-hydrogen) atoms. The van der Waals surface area contributed by atoms with Crippen LogP contribution < -0.4 is 0 Å². The van der Waals surface area contributed by atoms with Crippen LogP contribution in [0.1, 0.15) is 62.1 Å². The number of alkyl halides is 1. The van der Waals surface area contributed by atoms with Gasteiger partial charge < -0.3 is 19.0 Å². The minimum Gasteiger partial charge on any atom is -0.465 e. The number of amides is 4. The highest BCUT2D eigenvalue weighted by atomic mass is 79.9. The normalized spacial score (nSPS) is 13.6. The minimum atomic E-state index is -0.495. The lowest BCUT2D eigenvalue weighted by Crippen LogP contribution is -2.32. The number of ether oxygens (including phenoxy) is 2. The number of nitrogens with one attached hydrogen (secondary N) is 1. The molecule has 2 aromatic carbocycles. The smallest absolute Gasteiger partial charge is 0.339 e. The van der Waals surface area contributed by atoms with Gasteiger partial charge in [0.1, 0.15) is 0 Å². The Balaban J connectivity index is 0.000000192. The third-order valence-electron chi connectivity index (χ3n) is 7.54. The molecule has 0 atom stereocenters. The molecular formula is C36H31BrF2N4O8. The van der Waals surface area contributed by atoms with Crippen molar-refractivity contribution in [3.63, 3.8) is 0 Å². The molecular weight excluding hydrogens is 734 g/mol. The second kappa shape index (κ2) is 17.6. The Labute approximate surface area is 299 Å². The van der Waals surface area contributed by atoms with Crippen molar-refractivity contribution >= 4 is 51.5 Å². The molecule has 0 fully saturated rings. The number of rotatable bonds is 9. The van der Waals surface area contributed by atoms with Gasteiger partial charge in [-0.2, -0.15) is 0 Å². The van der Waals surface area contributed by atoms with Gasteiger partial charge in [-0.15, -0.1) is 0 Å². The van der Waals surface area contributed by atoms with Crippen LogP contribution >= 0.6 is 15.9 Å². The van der Waals surface area contributed by atoms with Crippen molar-refractivity contribution in [2.45, 2.75) is 6.54 Å². The topological polar surface area (TPSA) is 148 Å². The molecule has 0 radical (unpaired) electrons. The number of halogens is 3. The van der Waals surface area contributed by atoms with Crippen molar-refractivity contribution in [2.24, 2.45) is 0 Å². The number of aromatic nitrogens is 2. The number of methoxy groups -OCH3 is 2. The van der Waals surface area contributed by atoms with Crippen molar-refractivity contribution < 1.29 is 47.0 Å². The molecule has 2 aromatic heterocycles. The van der Waals surface area contributed by atoms with Gasteiger partial charge in [-0.25, -0.2) is 18.4 Å². The van der Waals surface area contributed by atoms with Gasteiger partial charge in [0.15, 0.2) is 0 Å². The molecule has 2 aliphatic rings. The molecule has 12 nitrogen and oxygen atoms in total. The number of aromatic amines is 1. The number of hydrogen-bond acceptors (Lipinski definition) is 8. The van der Waals surface area contributed by atoms with E-state index in [-0.39, 0.29) is 48.3 Å². The summed E-state index contributed by atoms with van der Waals surface area (Å²) >= 11 is 3.10. The Kier molecular flexibility index (Phi) is 13.1. The van der Waals surface area contributed by atoms with E-state index in [1.54, 1.807) is 83.8 Å². The van der Waals surface area contributed by atoms with Crippen LogP contribution in [-0.4, -0.2) is 87.6 Å². The van der Waals surface area contributed by atoms with Crippen molar-refractivity contribution in [2.75, 3.05) is 32.6 Å². The van der Waals surface area contributed by atoms with Crippen LogP contribution in [0.4, 0.5) is 8.78 Å². The monoisotopic (exact) mass is 764 g/mol. The maximum atomic E-state index is 13.3. The molecule has 0 saturated carbocycles. The maximum absolute atomic E-state index is 13.3. The first-order chi connectivity index (χ1) is 24.6. The zero-order valence-electron chi connectivity index (χ0n) is 27.3. The summed E-state index contributed by atoms with van der Waals surface area (Å²) in [6.45, 7) is -0.0798. The molecule has 0 bridgehead atoms. The van der Waals surface area contributed by atoms with Gasteiger partial charge in [-0.05, 0) is 47.5 Å². The molecule has 0 saturated heterocycles. The minimum absolute atomic E-state index is 0.0197. The molecule has 0 aliphatic carbocycles. The Morgan fingerprint density at radius 1 is 0.686 bits per heavy atom. The number of nitrogens with zero attached hydrogens (tertiary/aromatic N) is 3. The Morgan fingerprint density at radius 2 is 1.14 bits per heavy atom. The van der Waals surface area contributed by atoms with Crippen LogP contribution in [0.25, 0.3) is 0 Å². The van der Waals surface area contributed by atoms with Gasteiger partial charge in [0.2, 0.25) is 0 Å². The summed E-state index contributed by atoms with van der Waals surface area (Å²) in [6.07, 6.45) is 7.16. The van der Waals surface area contributed by atoms with Crippen molar-refractivity contribution in [3.8, 4) is 0 Å². The quantitative estimate of drug-likeness (QED) is 0.129. The fourth-order valence-electron chi connectivity index (χ4n) is 4.98. The third kappa shape index (κ3) is 8.80. The summed E-state index contributed by atoms with van der Waals surface area (Å²) in [4.78, 5) is 75.4. The molecule has 1 N–H and O–H groups in total. The van der Waals surface area contributed by atoms with E-state index >= 15 is 0 Å². The van der Waals surface area contributed by atoms with Gasteiger partial charge in [-0.1, -0.05) is 40.2 Å². The summed E-state index contributed by atoms with van der Waals surface area (Å²) in [5, 5.41) is 0.289. The maximum Gasteiger partial charge on any atom is 0.339 e. The molecule has 0 spiro atoms. The molecule has 4 heterocycles. The number of carbonyl (C=O) groups is 6. The summed E-state index contributed by atoms with van der Waals surface area (Å²) in [5.41, 5.74) is 2.86. The van der Waals surface area contributed by atoms with Gasteiger partial charge >= 0.3 is 11.9 Å². The summed E-state index contributed by atoms with van der Waals surface area (Å²) in [5.74, 6) is -2.43. The average molecular weight is 766 g/mol. The van der Waals surface area contributed by atoms with Crippen molar-refractivity contribution in [1.82, 2.24) is 19.4 Å². The number of fused-ring (bicyclic) bond motifs is 2. The SMILES string of the molecule is COC(=O)c1cc[nH]c1.COC(=O)c1ccn(C/C(=C/F)CN2C(=O)c3ccccc3C2=O)c1.O=C1c2ccccc2C(=O)N1C/C(=C\F)CBr. The molecule has 2 aliphatic heterocycles. The Bertz CT molecular complexity index is 1930. The van der Waals surface area contributed by atoms with E-state index in [4.69, 9.17) is 0 Å². The first kappa shape index (κ1) is 37.9. The molecule has 0 unspecified atom stereocenters. The number of benzene rings is 2. The van der Waals surface area contributed by atoms with Gasteiger partial charge in [-0.3, -0.25) is 29.0 Å². The Hall–Kier alpha value is -5.96. The predicted octanol–water partition coefficient (Wildman–Crippen LogP) is 5.76. The highest BCUT2D eigenvalue weighted by molar-refractivity contribution is 9.09. The van der Waals surface area contributed by atoms with Crippen LogP contribution in [0, 0.1) is 0 Å². The van der Waals surface area contributed by atoms with E-state index in [2.05, 4.69) is 30.4 Å². The summed E-state index contributed by atoms with van der Waals surface area (Å²) in [6, 6.07) is 16.3. The van der Waals surface area contributed by atoms with Gasteiger partial charge in [0.05, 0.1) is 73.3 Å². The summed E-state index contributed by atoms with van der Waals surface area (Å²) < 4.78 is 36.4. The number of H-pyrrole nitrogens is 1. The summed E-state index contributed by atoms with van der Waals surface area (Å²) in [7, 11) is 2.63. The molecule has 264 valence electrons. The fraction of sp³-hybridized carbons (Fsp3) is 0.167. The standard InChI is InChI=1S/C18H15FN2O4.C12H9BrFNO2.C6H7NO2/c1-25-18(24)13-6-7-20(11-13)9-12(8-19)10-21-16(22)14-4-2-3-5-15(14)17(21)23;13-5-8(6-14)7-15-11(16)9-3-1-2-4-10(9)12(15)17;1-9-6(8)5-2-3-7-4-5/h2-8,11H,9-10H2,1H3;1-4,6H,5,7H2;2-4,7H,1H3/b12-8-;8-6-;. The van der Waals surface area contributed by atoms with E-state index in [1.807, 2.05) is 0 Å². The van der Waals surface area contributed by atoms with Crippen LogP contribution in [-0.2, 0) is 16.0 Å². The van der Waals surface area contributed by atoms with E-state index in [1.165, 1.54) is 20.4 Å². The molecule has 6 rings (SSSR count). The van der Waals surface area contributed by atoms with Gasteiger partial charge in [0.25, 0.3) is 23.6 Å². The highest BCUT2D eigenvalue weighted by Crippen LogP contribution is 2.25. The highest BCUT2D eigenvalue weighted by Gasteiger charge is 2.36. The van der Waals surface area contributed by atoms with Crippen molar-refractivity contribution in [3.05, 3.63) is 143 Å². The molecule has 4 amide bonds. The molecule has 15 heteroatoms. The number of carbonyl (C=O) groups excluding carboxylic acids is 6. The lowest BCUT2D eigenvalue weighted by molar-refractivity contribution is 0.0592. The predicted molar refractivity (Wildman–Crippen MR) is 184 cm³/mol. The van der Waals surface area contributed by atoms with E-state index < -0.39 is 17.8 Å². The Morgan fingerprint density at radius 3 is 1.53 bits per heavy atom. The second-order valence-electron chi connectivity index (χ2n) is 10.8. The van der Waals surface area contributed by atoms with Crippen LogP contribution in [0.2, 0.25) is 0 Å². The lowest BCUT2D eigenvalue weighted by Gasteiger charge is -2.16. The number of esters is 2. The number of imide groups is 2. The van der Waals surface area contributed by atoms with Gasteiger partial charge in [0, 0.05) is 36.7 Å². The van der Waals surface area contributed by atoms with Crippen molar-refractivity contribution in [1.29, 1.82) is 0 Å². The van der Waals surface area contributed by atoms with E-state index in [9.17, 15) is 37.5 Å². The second-order valence-corrected chi connectivity index (χ2v) is 11.4. The zero-order valence-corrected chi connectivity index (χ0v) is 28.9. The largest absolute Gasteiger partial charge is 0.465 e. The van der Waals surface area contributed by atoms with E-state index in [0.717, 1.165) is 9.80 Å². The number of hydrogen-bond donors (Lipinski definition) is 1.